The van der Waals surface area contributed by atoms with Gasteiger partial charge in [-0.05, 0) is 150 Å². The normalized spacial score (nSPS) is 11.2. The average Bonchev–Trinajstić information content (AvgIpc) is 3.32. The number of hydrogen-bond donors (Lipinski definition) is 0. The summed E-state index contributed by atoms with van der Waals surface area (Å²) in [4.78, 5) is 15.0. The number of nitrogens with zero attached hydrogens (tertiary/aromatic N) is 6. The molecule has 0 unspecified atom stereocenters. The first-order valence-electron chi connectivity index (χ1n) is 23.4. The summed E-state index contributed by atoms with van der Waals surface area (Å²) in [5.74, 6) is 0.608. The summed E-state index contributed by atoms with van der Waals surface area (Å²) in [6.07, 6.45) is 16.3. The van der Waals surface area contributed by atoms with Gasteiger partial charge in [-0.25, -0.2) is 0 Å². The highest BCUT2D eigenvalue weighted by atomic mass is 15.1. The molecule has 6 nitrogen and oxygen atoms in total. The number of rotatable bonds is 14. The van der Waals surface area contributed by atoms with Crippen molar-refractivity contribution >= 4 is 45.8 Å². The van der Waals surface area contributed by atoms with Gasteiger partial charge in [-0.3, -0.25) is 4.99 Å². The van der Waals surface area contributed by atoms with Crippen LogP contribution in [0.4, 0.5) is 28.4 Å². The van der Waals surface area contributed by atoms with E-state index in [1.54, 1.807) is 0 Å². The lowest BCUT2D eigenvalue weighted by Crippen LogP contribution is -2.08. The van der Waals surface area contributed by atoms with Crippen LogP contribution < -0.4 is 24.5 Å². The first-order valence-corrected chi connectivity index (χ1v) is 23.4. The molecule has 0 aliphatic heterocycles. The van der Waals surface area contributed by atoms with Crippen LogP contribution >= 0.6 is 0 Å². The maximum absolute atomic E-state index is 4.37. The van der Waals surface area contributed by atoms with Gasteiger partial charge in [0.05, 0.1) is 5.71 Å². The Hall–Kier alpha value is -6.27. The minimum absolute atomic E-state index is 0.608. The van der Waals surface area contributed by atoms with E-state index in [0.717, 1.165) is 18.7 Å². The number of aliphatic imine (C=N–C) groups is 1. The Bertz CT molecular complexity index is 2130. The smallest absolute Gasteiger partial charge is 0.0574 e. The van der Waals surface area contributed by atoms with Crippen molar-refractivity contribution in [2.45, 2.75) is 53.9 Å². The van der Waals surface area contributed by atoms with Gasteiger partial charge < -0.3 is 24.5 Å². The molecule has 65 heavy (non-hydrogen) atoms. The zero-order valence-corrected chi connectivity index (χ0v) is 42.6. The topological polar surface area (TPSA) is 28.6 Å². The predicted octanol–water partition coefficient (Wildman–Crippen LogP) is 13.8. The highest BCUT2D eigenvalue weighted by molar-refractivity contribution is 6.06. The summed E-state index contributed by atoms with van der Waals surface area (Å²) < 4.78 is 0. The molecule has 6 heteroatoms. The zero-order valence-electron chi connectivity index (χ0n) is 42.6. The van der Waals surface area contributed by atoms with Crippen molar-refractivity contribution in [3.8, 4) is 0 Å². The summed E-state index contributed by atoms with van der Waals surface area (Å²) >= 11 is 0. The van der Waals surface area contributed by atoms with E-state index in [0.29, 0.717) is 5.92 Å². The van der Waals surface area contributed by atoms with E-state index in [1.807, 2.05) is 20.8 Å². The van der Waals surface area contributed by atoms with Crippen molar-refractivity contribution in [3.63, 3.8) is 0 Å². The SMILES string of the molecule is CC.CCC(C=C(c1ccc(N(C)C)cc1)c1ccc(N(C)C)cc1)CC.CCN=C1C=CC(=Cc2ccc(N(C)C)cc2)C=C1.CN(C)c1ccc(Cc2ccc(N(C)C)cc2)cc1. The van der Waals surface area contributed by atoms with E-state index >= 15 is 0 Å². The summed E-state index contributed by atoms with van der Waals surface area (Å²) in [5, 5.41) is 0. The average molecular weight is 873 g/mol. The molecule has 0 bridgehead atoms. The van der Waals surface area contributed by atoms with Crippen molar-refractivity contribution in [2.24, 2.45) is 10.9 Å². The molecule has 0 atom stereocenters. The van der Waals surface area contributed by atoms with Gasteiger partial charge in [0.2, 0.25) is 0 Å². The van der Waals surface area contributed by atoms with Crippen LogP contribution in [0, 0.1) is 5.92 Å². The van der Waals surface area contributed by atoms with Crippen LogP contribution in [-0.4, -0.2) is 82.7 Å². The van der Waals surface area contributed by atoms with Crippen LogP contribution in [0.5, 0.6) is 0 Å². The maximum atomic E-state index is 4.37. The summed E-state index contributed by atoms with van der Waals surface area (Å²) in [6, 6.07) is 43.8. The molecule has 0 radical (unpaired) electrons. The monoisotopic (exact) mass is 873 g/mol. The Balaban J connectivity index is 0.000000257. The van der Waals surface area contributed by atoms with Gasteiger partial charge in [0.1, 0.15) is 0 Å². The minimum Gasteiger partial charge on any atom is -0.378 e. The molecule has 5 aromatic rings. The molecule has 0 N–H and O–H groups in total. The molecule has 0 saturated heterocycles. The van der Waals surface area contributed by atoms with Crippen LogP contribution in [0.3, 0.4) is 0 Å². The van der Waals surface area contributed by atoms with E-state index in [2.05, 4.69) is 272 Å². The second kappa shape index (κ2) is 27.8. The molecule has 346 valence electrons. The molecule has 0 saturated carbocycles. The lowest BCUT2D eigenvalue weighted by Gasteiger charge is -2.17. The van der Waals surface area contributed by atoms with Crippen molar-refractivity contribution in [2.75, 3.05) is 102 Å². The molecule has 5 aromatic carbocycles. The van der Waals surface area contributed by atoms with E-state index in [4.69, 9.17) is 0 Å². The number of anilines is 5. The van der Waals surface area contributed by atoms with Gasteiger partial charge >= 0.3 is 0 Å². The molecular weight excluding hydrogens is 793 g/mol. The zero-order chi connectivity index (χ0) is 47.9. The standard InChI is InChI=1S/C23H32N2.C17H22N2.C17H20N2.C2H6/c1-7-18(8-2)17-23(19-9-13-21(14-10-19)24(3)4)20-11-15-22(16-12-20)25(5)6;1-18(2)16-9-5-14(6-10-16)13-15-7-11-17(12-8-15)19(3)4;1-4-18-16-9-5-14(6-10-16)13-15-7-11-17(12-8-15)19(2)3;1-2/h9-18H,7-8H2,1-6H3;5-12H,13H2,1-4H3;5-13H,4H2,1-3H3;1-2H3. The van der Waals surface area contributed by atoms with Crippen LogP contribution in [-0.2, 0) is 6.42 Å². The van der Waals surface area contributed by atoms with Crippen LogP contribution in [0.15, 0.2) is 162 Å². The molecule has 1 aliphatic carbocycles. The molecular formula is C59H80N6. The lowest BCUT2D eigenvalue weighted by molar-refractivity contribution is 0.607. The van der Waals surface area contributed by atoms with Gasteiger partial charge in [0, 0.05) is 105 Å². The molecule has 0 aromatic heterocycles. The van der Waals surface area contributed by atoms with Crippen molar-refractivity contribution in [1.29, 1.82) is 0 Å². The molecule has 0 spiro atoms. The van der Waals surface area contributed by atoms with Crippen molar-refractivity contribution in [3.05, 3.63) is 185 Å². The summed E-state index contributed by atoms with van der Waals surface area (Å²) in [6.45, 7) is 11.4. The fourth-order valence-electron chi connectivity index (χ4n) is 6.98. The van der Waals surface area contributed by atoms with Gasteiger partial charge in [-0.1, -0.05) is 107 Å². The largest absolute Gasteiger partial charge is 0.378 e. The third-order valence-electron chi connectivity index (χ3n) is 11.1. The highest BCUT2D eigenvalue weighted by Crippen LogP contribution is 2.30. The van der Waals surface area contributed by atoms with Crippen molar-refractivity contribution in [1.82, 2.24) is 0 Å². The van der Waals surface area contributed by atoms with Gasteiger partial charge in [0.15, 0.2) is 0 Å². The van der Waals surface area contributed by atoms with Gasteiger partial charge in [0.25, 0.3) is 0 Å². The Morgan fingerprint density at radius 3 is 1.08 bits per heavy atom. The van der Waals surface area contributed by atoms with Crippen LogP contribution in [0.25, 0.3) is 11.6 Å². The Morgan fingerprint density at radius 1 is 0.446 bits per heavy atom. The van der Waals surface area contributed by atoms with Crippen LogP contribution in [0.2, 0.25) is 0 Å². The van der Waals surface area contributed by atoms with E-state index in [1.165, 1.54) is 80.2 Å². The van der Waals surface area contributed by atoms with Gasteiger partial charge in [-0.2, -0.15) is 0 Å². The second-order valence-corrected chi connectivity index (χ2v) is 17.0. The number of benzene rings is 5. The fourth-order valence-corrected chi connectivity index (χ4v) is 6.98. The molecule has 0 heterocycles. The lowest BCUT2D eigenvalue weighted by atomic mass is 9.91. The second-order valence-electron chi connectivity index (χ2n) is 17.0. The predicted molar refractivity (Wildman–Crippen MR) is 293 cm³/mol. The highest BCUT2D eigenvalue weighted by Gasteiger charge is 2.10. The fraction of sp³-hybridized carbons (Fsp3) is 0.339. The number of allylic oxidation sites excluding steroid dienone is 6. The first kappa shape index (κ1) is 53.1. The van der Waals surface area contributed by atoms with E-state index in [-0.39, 0.29) is 0 Å². The van der Waals surface area contributed by atoms with Crippen LogP contribution in [0.1, 0.15) is 75.3 Å². The Labute approximate surface area is 395 Å². The third-order valence-corrected chi connectivity index (χ3v) is 11.1. The third kappa shape index (κ3) is 17.7. The van der Waals surface area contributed by atoms with E-state index < -0.39 is 0 Å². The molecule has 0 amide bonds. The summed E-state index contributed by atoms with van der Waals surface area (Å²) in [7, 11) is 20.7. The minimum atomic E-state index is 0.608. The Kier molecular flexibility index (Phi) is 22.7. The molecule has 6 rings (SSSR count). The van der Waals surface area contributed by atoms with E-state index in [9.17, 15) is 0 Å². The molecule has 0 fully saturated rings. The number of hydrogen-bond acceptors (Lipinski definition) is 6. The Morgan fingerprint density at radius 2 is 0.769 bits per heavy atom. The van der Waals surface area contributed by atoms with Gasteiger partial charge in [-0.15, -0.1) is 0 Å². The van der Waals surface area contributed by atoms with Crippen molar-refractivity contribution < 1.29 is 0 Å². The first-order chi connectivity index (χ1) is 31.2. The maximum Gasteiger partial charge on any atom is 0.0574 e. The summed E-state index contributed by atoms with van der Waals surface area (Å²) in [5.41, 5.74) is 16.2. The molecule has 1 aliphatic rings. The quantitative estimate of drug-likeness (QED) is 0.111.